The Morgan fingerprint density at radius 3 is 2.78 bits per heavy atom. The molecule has 0 saturated carbocycles. The zero-order chi connectivity index (χ0) is 13.5. The molecule has 0 spiro atoms. The van der Waals surface area contributed by atoms with Crippen molar-refractivity contribution in [1.82, 2.24) is 5.32 Å². The molecule has 0 heterocycles. The Morgan fingerprint density at radius 1 is 1.50 bits per heavy atom. The van der Waals surface area contributed by atoms with Gasteiger partial charge in [0.05, 0.1) is 7.11 Å². The smallest absolute Gasteiger partial charge is 0.255 e. The minimum Gasteiger partial charge on any atom is -0.497 e. The van der Waals surface area contributed by atoms with E-state index in [0.29, 0.717) is 11.5 Å². The zero-order valence-corrected chi connectivity index (χ0v) is 11.0. The summed E-state index contributed by atoms with van der Waals surface area (Å²) in [5, 5.41) is 3.29. The molecule has 0 aliphatic rings. The Balaban J connectivity index is 2.95. The third-order valence-corrected chi connectivity index (χ3v) is 2.57. The number of benzene rings is 1. The van der Waals surface area contributed by atoms with Gasteiger partial charge in [0.25, 0.3) is 5.91 Å². The van der Waals surface area contributed by atoms with Crippen LogP contribution in [0.15, 0.2) is 18.2 Å². The van der Waals surface area contributed by atoms with Crippen molar-refractivity contribution >= 4 is 5.91 Å². The zero-order valence-electron chi connectivity index (χ0n) is 11.0. The molecule has 3 N–H and O–H groups in total. The second-order valence-corrected chi connectivity index (χ2v) is 3.94. The highest BCUT2D eigenvalue weighted by molar-refractivity contribution is 5.75. The number of carbonyl (C=O) groups is 1. The number of nitrogens with two attached hydrogens (primary N) is 1. The molecular weight excluding hydrogens is 232 g/mol. The van der Waals surface area contributed by atoms with Gasteiger partial charge in [0, 0.05) is 17.7 Å². The van der Waals surface area contributed by atoms with Gasteiger partial charge in [-0.1, -0.05) is 13.0 Å². The second kappa shape index (κ2) is 6.86. The topological polar surface area (TPSA) is 73.6 Å². The Morgan fingerprint density at radius 2 is 2.22 bits per heavy atom. The molecular formula is C13H20N2O3. The first-order chi connectivity index (χ1) is 8.58. The minimum atomic E-state index is -0.500. The van der Waals surface area contributed by atoms with Gasteiger partial charge in [0.1, 0.15) is 11.5 Å². The van der Waals surface area contributed by atoms with Gasteiger partial charge in [0.2, 0.25) is 0 Å². The van der Waals surface area contributed by atoms with Gasteiger partial charge >= 0.3 is 0 Å². The van der Waals surface area contributed by atoms with Gasteiger partial charge in [-0.15, -0.1) is 0 Å². The monoisotopic (exact) mass is 252 g/mol. The first kappa shape index (κ1) is 14.3. The maximum Gasteiger partial charge on any atom is 0.255 e. The summed E-state index contributed by atoms with van der Waals surface area (Å²) >= 11 is 0. The van der Waals surface area contributed by atoms with Crippen molar-refractivity contribution in [2.75, 3.05) is 20.3 Å². The summed E-state index contributed by atoms with van der Waals surface area (Å²) in [6, 6.07) is 5.67. The fraction of sp³-hybridized carbons (Fsp3) is 0.462. The van der Waals surface area contributed by atoms with Crippen LogP contribution in [0.25, 0.3) is 0 Å². The molecule has 5 heteroatoms. The minimum absolute atomic E-state index is 0.129. The Kier molecular flexibility index (Phi) is 5.45. The van der Waals surface area contributed by atoms with Gasteiger partial charge in [-0.3, -0.25) is 4.79 Å². The van der Waals surface area contributed by atoms with Gasteiger partial charge in [0.15, 0.2) is 6.61 Å². The van der Waals surface area contributed by atoms with E-state index in [-0.39, 0.29) is 12.6 Å². The third-order valence-electron chi connectivity index (χ3n) is 2.57. The average molecular weight is 252 g/mol. The summed E-state index contributed by atoms with van der Waals surface area (Å²) in [5.74, 6) is 0.795. The van der Waals surface area contributed by atoms with Crippen LogP contribution in [0.2, 0.25) is 0 Å². The van der Waals surface area contributed by atoms with Crippen molar-refractivity contribution in [3.05, 3.63) is 23.8 Å². The van der Waals surface area contributed by atoms with Gasteiger partial charge in [-0.2, -0.15) is 0 Å². The number of rotatable bonds is 7. The molecule has 1 atom stereocenters. The van der Waals surface area contributed by atoms with E-state index in [1.165, 1.54) is 0 Å². The number of nitrogens with one attached hydrogen (secondary N) is 1. The molecule has 1 aromatic carbocycles. The molecule has 1 amide bonds. The van der Waals surface area contributed by atoms with Gasteiger partial charge in [-0.25, -0.2) is 0 Å². The normalized spacial score (nSPS) is 11.9. The molecule has 0 fully saturated rings. The van der Waals surface area contributed by atoms with Crippen LogP contribution in [0.5, 0.6) is 11.5 Å². The lowest BCUT2D eigenvalue weighted by Crippen LogP contribution is -2.22. The maximum absolute atomic E-state index is 10.8. The second-order valence-electron chi connectivity index (χ2n) is 3.94. The third kappa shape index (κ3) is 3.92. The summed E-state index contributed by atoms with van der Waals surface area (Å²) in [5.41, 5.74) is 6.06. The molecule has 1 aromatic rings. The highest BCUT2D eigenvalue weighted by Crippen LogP contribution is 2.29. The fourth-order valence-corrected chi connectivity index (χ4v) is 1.69. The molecule has 0 bridgehead atoms. The van der Waals surface area contributed by atoms with Gasteiger partial charge < -0.3 is 20.5 Å². The van der Waals surface area contributed by atoms with Crippen LogP contribution in [0.4, 0.5) is 0 Å². The molecule has 18 heavy (non-hydrogen) atoms. The largest absolute Gasteiger partial charge is 0.497 e. The first-order valence-electron chi connectivity index (χ1n) is 5.90. The van der Waals surface area contributed by atoms with Crippen LogP contribution in [-0.4, -0.2) is 26.2 Å². The number of methoxy groups -OCH3 is 1. The lowest BCUT2D eigenvalue weighted by atomic mass is 10.1. The average Bonchev–Trinajstić information content (AvgIpc) is 2.36. The van der Waals surface area contributed by atoms with E-state index >= 15 is 0 Å². The fourth-order valence-electron chi connectivity index (χ4n) is 1.69. The van der Waals surface area contributed by atoms with Crippen molar-refractivity contribution in [1.29, 1.82) is 0 Å². The SMILES string of the molecule is CCNC(C)c1ccc(OC)cc1OCC(N)=O. The quantitative estimate of drug-likeness (QED) is 0.765. The summed E-state index contributed by atoms with van der Waals surface area (Å²) in [4.78, 5) is 10.8. The molecule has 100 valence electrons. The van der Waals surface area contributed by atoms with Crippen molar-refractivity contribution in [3.63, 3.8) is 0 Å². The van der Waals surface area contributed by atoms with Crippen LogP contribution in [0, 0.1) is 0 Å². The lowest BCUT2D eigenvalue weighted by molar-refractivity contribution is -0.119. The van der Waals surface area contributed by atoms with Crippen molar-refractivity contribution in [2.24, 2.45) is 5.73 Å². The number of carbonyl (C=O) groups excluding carboxylic acids is 1. The molecule has 0 aromatic heterocycles. The van der Waals surface area contributed by atoms with Gasteiger partial charge in [-0.05, 0) is 19.5 Å². The molecule has 0 saturated heterocycles. The summed E-state index contributed by atoms with van der Waals surface area (Å²) in [7, 11) is 1.58. The first-order valence-corrected chi connectivity index (χ1v) is 5.90. The number of primary amides is 1. The number of ether oxygens (including phenoxy) is 2. The molecule has 1 rings (SSSR count). The summed E-state index contributed by atoms with van der Waals surface area (Å²) < 4.78 is 10.6. The van der Waals surface area contributed by atoms with Crippen LogP contribution in [0.3, 0.4) is 0 Å². The summed E-state index contributed by atoms with van der Waals surface area (Å²) in [6.45, 7) is 4.77. The Bertz CT molecular complexity index is 407. The van der Waals surface area contributed by atoms with E-state index in [0.717, 1.165) is 12.1 Å². The van der Waals surface area contributed by atoms with E-state index in [9.17, 15) is 4.79 Å². The van der Waals surface area contributed by atoms with E-state index in [1.807, 2.05) is 26.0 Å². The van der Waals surface area contributed by atoms with Crippen LogP contribution < -0.4 is 20.5 Å². The molecule has 5 nitrogen and oxygen atoms in total. The Hall–Kier alpha value is -1.75. The standard InChI is InChI=1S/C13H20N2O3/c1-4-15-9(2)11-6-5-10(17-3)7-12(11)18-8-13(14)16/h5-7,9,15H,4,8H2,1-3H3,(H2,14,16). The van der Waals surface area contributed by atoms with Crippen LogP contribution in [0.1, 0.15) is 25.5 Å². The maximum atomic E-state index is 10.8. The number of hydrogen-bond donors (Lipinski definition) is 2. The van der Waals surface area contributed by atoms with E-state index in [4.69, 9.17) is 15.2 Å². The van der Waals surface area contributed by atoms with Crippen LogP contribution >= 0.6 is 0 Å². The highest BCUT2D eigenvalue weighted by Gasteiger charge is 2.12. The van der Waals surface area contributed by atoms with Crippen molar-refractivity contribution in [2.45, 2.75) is 19.9 Å². The molecule has 0 radical (unpaired) electrons. The molecule has 0 aliphatic carbocycles. The van der Waals surface area contributed by atoms with Crippen molar-refractivity contribution < 1.29 is 14.3 Å². The summed E-state index contributed by atoms with van der Waals surface area (Å²) in [6.07, 6.45) is 0. The Labute approximate surface area is 107 Å². The van der Waals surface area contributed by atoms with E-state index < -0.39 is 5.91 Å². The lowest BCUT2D eigenvalue weighted by Gasteiger charge is -2.18. The number of amides is 1. The predicted octanol–water partition coefficient (Wildman–Crippen LogP) is 1.23. The molecule has 0 aliphatic heterocycles. The highest BCUT2D eigenvalue weighted by atomic mass is 16.5. The van der Waals surface area contributed by atoms with E-state index in [2.05, 4.69) is 5.32 Å². The molecule has 1 unspecified atom stereocenters. The predicted molar refractivity (Wildman–Crippen MR) is 69.8 cm³/mol. The van der Waals surface area contributed by atoms with Crippen LogP contribution in [-0.2, 0) is 4.79 Å². The van der Waals surface area contributed by atoms with E-state index in [1.54, 1.807) is 13.2 Å². The number of hydrogen-bond acceptors (Lipinski definition) is 4. The van der Waals surface area contributed by atoms with Crippen molar-refractivity contribution in [3.8, 4) is 11.5 Å².